The van der Waals surface area contributed by atoms with Gasteiger partial charge in [0, 0.05) is 10.9 Å². The summed E-state index contributed by atoms with van der Waals surface area (Å²) in [5.41, 5.74) is 0.121. The van der Waals surface area contributed by atoms with Crippen molar-refractivity contribution in [2.75, 3.05) is 12.9 Å². The average molecular weight is 349 g/mol. The second kappa shape index (κ2) is 7.44. The molecule has 0 aliphatic heterocycles. The van der Waals surface area contributed by atoms with Gasteiger partial charge in [-0.05, 0) is 38.5 Å². The van der Waals surface area contributed by atoms with Gasteiger partial charge in [0.2, 0.25) is 0 Å². The van der Waals surface area contributed by atoms with Crippen LogP contribution < -0.4 is 0 Å². The molecule has 7 heteroatoms. The molecule has 5 nitrogen and oxygen atoms in total. The molecule has 0 aromatic heterocycles. The first-order chi connectivity index (χ1) is 9.96. The van der Waals surface area contributed by atoms with Crippen molar-refractivity contribution in [3.05, 3.63) is 34.9 Å². The third-order valence-corrected chi connectivity index (χ3v) is 3.44. The Balaban J connectivity index is 2.89. The molecule has 0 aliphatic rings. The molecule has 0 unspecified atom stereocenters. The Morgan fingerprint density at radius 3 is 2.45 bits per heavy atom. The molecule has 0 saturated carbocycles. The van der Waals surface area contributed by atoms with Gasteiger partial charge in [-0.1, -0.05) is 23.7 Å². The van der Waals surface area contributed by atoms with Crippen LogP contribution in [0.5, 0.6) is 0 Å². The number of hydrogen-bond donors (Lipinski definition) is 0. The fourth-order valence-corrected chi connectivity index (χ4v) is 2.43. The van der Waals surface area contributed by atoms with E-state index < -0.39 is 27.6 Å². The predicted molar refractivity (Wildman–Crippen MR) is 85.5 cm³/mol. The van der Waals surface area contributed by atoms with Crippen LogP contribution >= 0.6 is 11.6 Å². The fourth-order valence-electron chi connectivity index (χ4n) is 1.82. The number of rotatable bonds is 6. The second-order valence-electron chi connectivity index (χ2n) is 6.03. The summed E-state index contributed by atoms with van der Waals surface area (Å²) in [6.45, 7) is 5.17. The maximum absolute atomic E-state index is 12.0. The highest BCUT2D eigenvalue weighted by Crippen LogP contribution is 2.25. The van der Waals surface area contributed by atoms with Gasteiger partial charge in [0.25, 0.3) is 10.1 Å². The van der Waals surface area contributed by atoms with Gasteiger partial charge in [0.1, 0.15) is 5.60 Å². The number of benzene rings is 1. The van der Waals surface area contributed by atoms with Gasteiger partial charge >= 0.3 is 5.97 Å². The molecule has 0 N–H and O–H groups in total. The third kappa shape index (κ3) is 7.77. The SMILES string of the molecule is CC(C)(C)OC(=O)C[C@H](COS(C)(=O)=O)c1cccc(Cl)c1. The Kier molecular flexibility index (Phi) is 6.40. The summed E-state index contributed by atoms with van der Waals surface area (Å²) < 4.78 is 32.5. The lowest BCUT2D eigenvalue weighted by atomic mass is 9.96. The van der Waals surface area contributed by atoms with Crippen LogP contribution in [0.25, 0.3) is 0 Å². The van der Waals surface area contributed by atoms with Gasteiger partial charge in [-0.3, -0.25) is 8.98 Å². The van der Waals surface area contributed by atoms with E-state index in [9.17, 15) is 13.2 Å². The second-order valence-corrected chi connectivity index (χ2v) is 8.11. The standard InChI is InChI=1S/C15H21ClO5S/c1-15(2,3)21-14(17)9-12(10-20-22(4,18)19)11-6-5-7-13(16)8-11/h5-8,12H,9-10H2,1-4H3/t12-/m1/s1. The lowest BCUT2D eigenvalue weighted by molar-refractivity contribution is -0.155. The van der Waals surface area contributed by atoms with E-state index in [2.05, 4.69) is 0 Å². The Morgan fingerprint density at radius 1 is 1.32 bits per heavy atom. The number of halogens is 1. The van der Waals surface area contributed by atoms with Crippen LogP contribution in [0.15, 0.2) is 24.3 Å². The molecular weight excluding hydrogens is 328 g/mol. The molecule has 0 spiro atoms. The number of carbonyl (C=O) groups excluding carboxylic acids is 1. The Hall–Kier alpha value is -1.11. The van der Waals surface area contributed by atoms with Crippen LogP contribution in [-0.4, -0.2) is 32.9 Å². The van der Waals surface area contributed by atoms with Crippen molar-refractivity contribution >= 4 is 27.7 Å². The van der Waals surface area contributed by atoms with Crippen LogP contribution in [0.1, 0.15) is 38.7 Å². The van der Waals surface area contributed by atoms with E-state index in [0.717, 1.165) is 11.8 Å². The molecule has 0 bridgehead atoms. The summed E-state index contributed by atoms with van der Waals surface area (Å²) >= 11 is 5.95. The van der Waals surface area contributed by atoms with E-state index in [0.29, 0.717) is 5.02 Å². The van der Waals surface area contributed by atoms with Crippen molar-refractivity contribution in [3.8, 4) is 0 Å². The topological polar surface area (TPSA) is 69.7 Å². The Labute approximate surface area is 136 Å². The summed E-state index contributed by atoms with van der Waals surface area (Å²) in [6, 6.07) is 6.89. The summed E-state index contributed by atoms with van der Waals surface area (Å²) in [4.78, 5) is 12.0. The van der Waals surface area contributed by atoms with E-state index in [1.165, 1.54) is 0 Å². The molecule has 1 aromatic carbocycles. The molecule has 0 saturated heterocycles. The maximum Gasteiger partial charge on any atom is 0.307 e. The molecule has 22 heavy (non-hydrogen) atoms. The van der Waals surface area contributed by atoms with Gasteiger partial charge in [0.05, 0.1) is 19.3 Å². The van der Waals surface area contributed by atoms with Crippen LogP contribution in [-0.2, 0) is 23.8 Å². The molecular formula is C15H21ClO5S. The average Bonchev–Trinajstić information content (AvgIpc) is 2.31. The highest BCUT2D eigenvalue weighted by Gasteiger charge is 2.23. The Morgan fingerprint density at radius 2 is 1.95 bits per heavy atom. The van der Waals surface area contributed by atoms with E-state index in [1.807, 2.05) is 0 Å². The minimum absolute atomic E-state index is 0.00708. The van der Waals surface area contributed by atoms with Crippen LogP contribution in [0.3, 0.4) is 0 Å². The normalized spacial score (nSPS) is 13.7. The van der Waals surface area contributed by atoms with Crippen molar-refractivity contribution < 1.29 is 22.1 Å². The van der Waals surface area contributed by atoms with Crippen molar-refractivity contribution in [2.45, 2.75) is 38.7 Å². The van der Waals surface area contributed by atoms with Gasteiger partial charge in [0.15, 0.2) is 0 Å². The summed E-state index contributed by atoms with van der Waals surface area (Å²) in [7, 11) is -3.59. The number of hydrogen-bond acceptors (Lipinski definition) is 5. The van der Waals surface area contributed by atoms with Gasteiger partial charge in [-0.2, -0.15) is 8.42 Å². The molecule has 0 fully saturated rings. The minimum Gasteiger partial charge on any atom is -0.460 e. The first kappa shape index (κ1) is 18.9. The first-order valence-corrected chi connectivity index (χ1v) is 8.97. The van der Waals surface area contributed by atoms with Crippen molar-refractivity contribution in [2.24, 2.45) is 0 Å². The van der Waals surface area contributed by atoms with E-state index in [4.69, 9.17) is 20.5 Å². The molecule has 124 valence electrons. The largest absolute Gasteiger partial charge is 0.460 e. The van der Waals surface area contributed by atoms with Gasteiger partial charge in [-0.25, -0.2) is 0 Å². The third-order valence-electron chi connectivity index (χ3n) is 2.64. The molecule has 0 amide bonds. The molecule has 1 atom stereocenters. The Bertz CT molecular complexity index is 619. The number of carbonyl (C=O) groups is 1. The highest BCUT2D eigenvalue weighted by molar-refractivity contribution is 7.85. The zero-order valence-corrected chi connectivity index (χ0v) is 14.7. The molecule has 1 aromatic rings. The minimum atomic E-state index is -3.59. The predicted octanol–water partition coefficient (Wildman–Crippen LogP) is 3.13. The lowest BCUT2D eigenvalue weighted by Crippen LogP contribution is -2.26. The smallest absolute Gasteiger partial charge is 0.307 e. The van der Waals surface area contributed by atoms with E-state index in [-0.39, 0.29) is 13.0 Å². The summed E-state index contributed by atoms with van der Waals surface area (Å²) in [5.74, 6) is -0.877. The highest BCUT2D eigenvalue weighted by atomic mass is 35.5. The van der Waals surface area contributed by atoms with Crippen LogP contribution in [0, 0.1) is 0 Å². The van der Waals surface area contributed by atoms with Crippen LogP contribution in [0.2, 0.25) is 5.02 Å². The zero-order valence-electron chi connectivity index (χ0n) is 13.1. The zero-order chi connectivity index (χ0) is 17.0. The van der Waals surface area contributed by atoms with E-state index in [1.54, 1.807) is 45.0 Å². The quantitative estimate of drug-likeness (QED) is 0.583. The number of esters is 1. The van der Waals surface area contributed by atoms with Gasteiger partial charge in [-0.15, -0.1) is 0 Å². The molecule has 1 rings (SSSR count). The first-order valence-electron chi connectivity index (χ1n) is 6.78. The number of ether oxygens (including phenoxy) is 1. The molecule has 0 heterocycles. The van der Waals surface area contributed by atoms with E-state index >= 15 is 0 Å². The molecule has 0 aliphatic carbocycles. The summed E-state index contributed by atoms with van der Waals surface area (Å²) in [6.07, 6.45) is 0.975. The van der Waals surface area contributed by atoms with Crippen LogP contribution in [0.4, 0.5) is 0 Å². The van der Waals surface area contributed by atoms with Crippen molar-refractivity contribution in [3.63, 3.8) is 0 Å². The lowest BCUT2D eigenvalue weighted by Gasteiger charge is -2.22. The van der Waals surface area contributed by atoms with Gasteiger partial charge < -0.3 is 4.74 Å². The summed E-state index contributed by atoms with van der Waals surface area (Å²) in [5, 5.41) is 0.506. The fraction of sp³-hybridized carbons (Fsp3) is 0.533. The monoisotopic (exact) mass is 348 g/mol. The molecule has 0 radical (unpaired) electrons. The van der Waals surface area contributed by atoms with Crippen molar-refractivity contribution in [1.82, 2.24) is 0 Å². The van der Waals surface area contributed by atoms with Crippen molar-refractivity contribution in [1.29, 1.82) is 0 Å². The maximum atomic E-state index is 12.0.